The van der Waals surface area contributed by atoms with Gasteiger partial charge in [-0.2, -0.15) is 9.50 Å². The van der Waals surface area contributed by atoms with Gasteiger partial charge in [-0.25, -0.2) is 0 Å². The maximum atomic E-state index is 12.5. The first kappa shape index (κ1) is 14.5. The predicted octanol–water partition coefficient (Wildman–Crippen LogP) is 2.37. The van der Waals surface area contributed by atoms with Crippen LogP contribution in [0.15, 0.2) is 53.6 Å². The van der Waals surface area contributed by atoms with Crippen molar-refractivity contribution in [2.45, 2.75) is 0 Å². The van der Waals surface area contributed by atoms with Crippen molar-refractivity contribution in [1.82, 2.24) is 19.6 Å². The molecule has 0 aliphatic carbocycles. The lowest BCUT2D eigenvalue weighted by Gasteiger charge is -1.92. The quantitative estimate of drug-likeness (QED) is 0.457. The molecule has 0 N–H and O–H groups in total. The second kappa shape index (κ2) is 5.82. The van der Waals surface area contributed by atoms with Crippen LogP contribution in [0.25, 0.3) is 22.4 Å². The molecule has 0 atom stereocenters. The first-order valence-corrected chi connectivity index (χ1v) is 8.67. The number of halogens is 1. The number of hydrogen-bond acceptors (Lipinski definition) is 5. The first-order chi connectivity index (χ1) is 11.2. The predicted molar refractivity (Wildman–Crippen MR) is 98.3 cm³/mol. The molecule has 112 valence electrons. The van der Waals surface area contributed by atoms with E-state index in [2.05, 4.69) is 37.7 Å². The molecule has 0 saturated carbocycles. The molecule has 0 radical (unpaired) electrons. The van der Waals surface area contributed by atoms with E-state index in [1.54, 1.807) is 12.4 Å². The lowest BCUT2D eigenvalue weighted by molar-refractivity contribution is 0.936. The molecular weight excluding hydrogens is 423 g/mol. The van der Waals surface area contributed by atoms with Gasteiger partial charge in [0, 0.05) is 21.5 Å². The molecule has 23 heavy (non-hydrogen) atoms. The summed E-state index contributed by atoms with van der Waals surface area (Å²) >= 11 is 3.59. The first-order valence-electron chi connectivity index (χ1n) is 6.78. The van der Waals surface area contributed by atoms with Crippen LogP contribution in [0.3, 0.4) is 0 Å². The van der Waals surface area contributed by atoms with Crippen molar-refractivity contribution < 1.29 is 0 Å². The van der Waals surface area contributed by atoms with E-state index in [0.717, 1.165) is 14.7 Å². The Bertz CT molecular complexity index is 1090. The van der Waals surface area contributed by atoms with Gasteiger partial charge in [0.15, 0.2) is 5.82 Å². The summed E-state index contributed by atoms with van der Waals surface area (Å²) < 4.78 is 3.15. The normalized spacial score (nSPS) is 12.1. The molecule has 4 rings (SSSR count). The maximum Gasteiger partial charge on any atom is 0.291 e. The minimum Gasteiger partial charge on any atom is -0.266 e. The summed E-state index contributed by atoms with van der Waals surface area (Å²) in [5, 5.41) is 4.31. The van der Waals surface area contributed by atoms with Gasteiger partial charge in [0.1, 0.15) is 0 Å². The molecule has 0 amide bonds. The Labute approximate surface area is 148 Å². The highest BCUT2D eigenvalue weighted by Crippen LogP contribution is 2.15. The Morgan fingerprint density at radius 2 is 1.83 bits per heavy atom. The van der Waals surface area contributed by atoms with Crippen LogP contribution in [0.4, 0.5) is 0 Å². The van der Waals surface area contributed by atoms with Gasteiger partial charge in [0.25, 0.3) is 5.56 Å². The van der Waals surface area contributed by atoms with Gasteiger partial charge in [-0.05, 0) is 58.5 Å². The van der Waals surface area contributed by atoms with Gasteiger partial charge in [-0.1, -0.05) is 23.5 Å². The second-order valence-electron chi connectivity index (χ2n) is 4.83. The van der Waals surface area contributed by atoms with Crippen molar-refractivity contribution in [2.24, 2.45) is 0 Å². The Morgan fingerprint density at radius 3 is 2.52 bits per heavy atom. The topological polar surface area (TPSA) is 60.2 Å². The van der Waals surface area contributed by atoms with Crippen LogP contribution < -0.4 is 10.1 Å². The molecule has 0 fully saturated rings. The monoisotopic (exact) mass is 432 g/mol. The fourth-order valence-electron chi connectivity index (χ4n) is 2.17. The van der Waals surface area contributed by atoms with Crippen molar-refractivity contribution >= 4 is 45.0 Å². The number of rotatable bonds is 2. The van der Waals surface area contributed by atoms with Crippen molar-refractivity contribution in [1.29, 1.82) is 0 Å². The van der Waals surface area contributed by atoms with Gasteiger partial charge in [0.05, 0.1) is 4.53 Å². The van der Waals surface area contributed by atoms with Crippen molar-refractivity contribution in [2.75, 3.05) is 0 Å². The minimum absolute atomic E-state index is 0.142. The van der Waals surface area contributed by atoms with E-state index in [1.807, 2.05) is 42.5 Å². The summed E-state index contributed by atoms with van der Waals surface area (Å²) in [6, 6.07) is 11.6. The van der Waals surface area contributed by atoms with Gasteiger partial charge in [0.2, 0.25) is 4.96 Å². The number of benzene rings is 1. The summed E-state index contributed by atoms with van der Waals surface area (Å²) in [6.07, 6.45) is 5.22. The van der Waals surface area contributed by atoms with Crippen molar-refractivity contribution in [3.05, 3.63) is 72.8 Å². The maximum absolute atomic E-state index is 12.5. The highest BCUT2D eigenvalue weighted by molar-refractivity contribution is 14.1. The van der Waals surface area contributed by atoms with E-state index >= 15 is 0 Å². The van der Waals surface area contributed by atoms with E-state index in [0.29, 0.717) is 15.3 Å². The zero-order valence-electron chi connectivity index (χ0n) is 11.7. The van der Waals surface area contributed by atoms with E-state index in [1.165, 1.54) is 15.9 Å². The smallest absolute Gasteiger partial charge is 0.266 e. The highest BCUT2D eigenvalue weighted by atomic mass is 127. The molecule has 0 spiro atoms. The minimum atomic E-state index is -0.142. The molecule has 3 aromatic heterocycles. The molecule has 0 aliphatic heterocycles. The Hall–Kier alpha value is -2.13. The van der Waals surface area contributed by atoms with Crippen LogP contribution in [0.1, 0.15) is 5.56 Å². The van der Waals surface area contributed by atoms with Crippen LogP contribution in [-0.2, 0) is 0 Å². The molecule has 5 nitrogen and oxygen atoms in total. The third-order valence-electron chi connectivity index (χ3n) is 3.29. The standard InChI is InChI=1S/C16H9IN4OS/c17-12-3-1-10(2-4-12)9-13-15(22)21-16(23-13)19-14(20-21)11-5-7-18-8-6-11/h1-9H/b13-9-. The van der Waals surface area contributed by atoms with E-state index in [-0.39, 0.29) is 5.56 Å². The summed E-state index contributed by atoms with van der Waals surface area (Å²) in [6.45, 7) is 0. The third kappa shape index (κ3) is 2.77. The van der Waals surface area contributed by atoms with Gasteiger partial charge in [-0.3, -0.25) is 9.78 Å². The number of fused-ring (bicyclic) bond motifs is 1. The summed E-state index contributed by atoms with van der Waals surface area (Å²) in [5.41, 5.74) is 1.69. The highest BCUT2D eigenvalue weighted by Gasteiger charge is 2.11. The summed E-state index contributed by atoms with van der Waals surface area (Å²) in [4.78, 5) is 21.5. The van der Waals surface area contributed by atoms with Gasteiger partial charge < -0.3 is 0 Å². The number of thiazole rings is 1. The molecule has 4 aromatic rings. The molecule has 0 saturated heterocycles. The number of nitrogens with zero attached hydrogens (tertiary/aromatic N) is 4. The summed E-state index contributed by atoms with van der Waals surface area (Å²) in [7, 11) is 0. The molecule has 7 heteroatoms. The van der Waals surface area contributed by atoms with E-state index in [9.17, 15) is 4.79 Å². The fourth-order valence-corrected chi connectivity index (χ4v) is 3.43. The molecule has 0 unspecified atom stereocenters. The Balaban J connectivity index is 1.82. The van der Waals surface area contributed by atoms with Crippen LogP contribution in [0.5, 0.6) is 0 Å². The largest absolute Gasteiger partial charge is 0.291 e. The molecule has 3 heterocycles. The SMILES string of the molecule is O=c1/c(=C/c2ccc(I)cc2)sc2nc(-c3ccncc3)nn12. The average molecular weight is 432 g/mol. The summed E-state index contributed by atoms with van der Waals surface area (Å²) in [5.74, 6) is 0.538. The van der Waals surface area contributed by atoms with Crippen LogP contribution in [0.2, 0.25) is 0 Å². The number of aromatic nitrogens is 4. The van der Waals surface area contributed by atoms with Gasteiger partial charge >= 0.3 is 0 Å². The molecule has 0 bridgehead atoms. The van der Waals surface area contributed by atoms with Crippen LogP contribution >= 0.6 is 33.9 Å². The fraction of sp³-hybridized carbons (Fsp3) is 0. The zero-order valence-corrected chi connectivity index (χ0v) is 14.7. The average Bonchev–Trinajstić information content (AvgIpc) is 3.11. The molecule has 1 aromatic carbocycles. The Kier molecular flexibility index (Phi) is 3.66. The lowest BCUT2D eigenvalue weighted by Crippen LogP contribution is -2.23. The molecular formula is C16H9IN4OS. The van der Waals surface area contributed by atoms with Crippen LogP contribution in [-0.4, -0.2) is 19.6 Å². The number of pyridine rings is 1. The van der Waals surface area contributed by atoms with E-state index in [4.69, 9.17) is 0 Å². The zero-order chi connectivity index (χ0) is 15.8. The van der Waals surface area contributed by atoms with Crippen LogP contribution in [0, 0.1) is 3.57 Å². The third-order valence-corrected chi connectivity index (χ3v) is 4.97. The van der Waals surface area contributed by atoms with E-state index < -0.39 is 0 Å². The van der Waals surface area contributed by atoms with Crippen molar-refractivity contribution in [3.63, 3.8) is 0 Å². The molecule has 0 aliphatic rings. The Morgan fingerprint density at radius 1 is 1.09 bits per heavy atom. The van der Waals surface area contributed by atoms with Gasteiger partial charge in [-0.15, -0.1) is 5.10 Å². The number of hydrogen-bond donors (Lipinski definition) is 0. The lowest BCUT2D eigenvalue weighted by atomic mass is 10.2. The van der Waals surface area contributed by atoms with Crippen molar-refractivity contribution in [3.8, 4) is 11.4 Å². The second-order valence-corrected chi connectivity index (χ2v) is 7.09.